The standard InChI is InChI=1S/C16H20O5/c1-12(17)20-11-16-10-18-8-14(9-21-16)15(16)19-7-13-5-3-2-4-6-13/h2-6,14-15H,7-11H2,1H3/t14?,15-,16-/m1/s1/i9T/t9-,14?,15-,16-. The summed E-state index contributed by atoms with van der Waals surface area (Å²) in [5, 5.41) is 0. The van der Waals surface area contributed by atoms with Gasteiger partial charge in [-0.2, -0.15) is 0 Å². The average Bonchev–Trinajstić information content (AvgIpc) is 2.66. The second kappa shape index (κ2) is 6.13. The van der Waals surface area contributed by atoms with Gasteiger partial charge in [0.2, 0.25) is 0 Å². The molecule has 2 heterocycles. The normalized spacial score (nSPS) is 35.3. The molecule has 2 fully saturated rings. The van der Waals surface area contributed by atoms with Crippen molar-refractivity contribution < 1.29 is 25.1 Å². The predicted molar refractivity (Wildman–Crippen MR) is 74.6 cm³/mol. The second-order valence-electron chi connectivity index (χ2n) is 5.50. The van der Waals surface area contributed by atoms with E-state index in [1.165, 1.54) is 6.92 Å². The van der Waals surface area contributed by atoms with Crippen molar-refractivity contribution in [2.24, 2.45) is 5.92 Å². The van der Waals surface area contributed by atoms with Crippen LogP contribution >= 0.6 is 0 Å². The Labute approximate surface area is 125 Å². The molecule has 5 nitrogen and oxygen atoms in total. The fraction of sp³-hybridized carbons (Fsp3) is 0.562. The van der Waals surface area contributed by atoms with Gasteiger partial charge in [-0.3, -0.25) is 4.79 Å². The maximum atomic E-state index is 11.1. The molecule has 1 aromatic carbocycles. The van der Waals surface area contributed by atoms with E-state index >= 15 is 0 Å². The van der Waals surface area contributed by atoms with Gasteiger partial charge < -0.3 is 18.9 Å². The van der Waals surface area contributed by atoms with Crippen LogP contribution in [0.15, 0.2) is 30.3 Å². The van der Waals surface area contributed by atoms with Gasteiger partial charge in [-0.15, -0.1) is 0 Å². The highest BCUT2D eigenvalue weighted by molar-refractivity contribution is 5.66. The van der Waals surface area contributed by atoms with Crippen molar-refractivity contribution in [3.8, 4) is 0 Å². The quantitative estimate of drug-likeness (QED) is 0.771. The number of ether oxygens (including phenoxy) is 4. The Morgan fingerprint density at radius 2 is 2.29 bits per heavy atom. The van der Waals surface area contributed by atoms with Gasteiger partial charge in [0.1, 0.15) is 6.61 Å². The predicted octanol–water partition coefficient (Wildman–Crippen LogP) is 1.55. The molecule has 114 valence electrons. The van der Waals surface area contributed by atoms with Crippen LogP contribution in [0.4, 0.5) is 0 Å². The third kappa shape index (κ3) is 3.10. The highest BCUT2D eigenvalue weighted by Gasteiger charge is 2.55. The molecule has 3 rings (SSSR count). The molecule has 0 saturated carbocycles. The van der Waals surface area contributed by atoms with Crippen LogP contribution in [0.3, 0.4) is 0 Å². The molecule has 0 N–H and O–H groups in total. The summed E-state index contributed by atoms with van der Waals surface area (Å²) in [4.78, 5) is 11.1. The number of esters is 1. The van der Waals surface area contributed by atoms with Crippen LogP contribution in [-0.2, 0) is 30.3 Å². The number of hydrogen-bond acceptors (Lipinski definition) is 5. The zero-order chi connectivity index (χ0) is 15.6. The molecule has 21 heavy (non-hydrogen) atoms. The average molecular weight is 294 g/mol. The summed E-state index contributed by atoms with van der Waals surface area (Å²) >= 11 is 0. The molecule has 0 aromatic heterocycles. The summed E-state index contributed by atoms with van der Waals surface area (Å²) in [6.45, 7) is 1.80. The van der Waals surface area contributed by atoms with E-state index in [0.29, 0.717) is 13.2 Å². The van der Waals surface area contributed by atoms with Crippen LogP contribution < -0.4 is 0 Å². The third-order valence-corrected chi connectivity index (χ3v) is 3.83. The van der Waals surface area contributed by atoms with Crippen LogP contribution in [0.2, 0.25) is 0 Å². The highest BCUT2D eigenvalue weighted by Crippen LogP contribution is 2.38. The summed E-state index contributed by atoms with van der Waals surface area (Å²) in [6.07, 6.45) is -0.316. The summed E-state index contributed by atoms with van der Waals surface area (Å²) in [5.41, 5.74) is 0.174. The van der Waals surface area contributed by atoms with Gasteiger partial charge in [-0.25, -0.2) is 0 Å². The van der Waals surface area contributed by atoms with E-state index in [0.717, 1.165) is 5.56 Å². The van der Waals surface area contributed by atoms with Gasteiger partial charge in [0.05, 0.1) is 33.9 Å². The highest BCUT2D eigenvalue weighted by atomic mass is 16.6. The molecule has 1 unspecified atom stereocenters. The zero-order valence-electron chi connectivity index (χ0n) is 13.0. The summed E-state index contributed by atoms with van der Waals surface area (Å²) < 4.78 is 30.5. The third-order valence-electron chi connectivity index (χ3n) is 3.83. The molecule has 2 bridgehead atoms. The van der Waals surface area contributed by atoms with Crippen molar-refractivity contribution in [1.82, 2.24) is 0 Å². The minimum Gasteiger partial charge on any atom is -0.463 e. The number of rotatable bonds is 5. The molecule has 2 saturated heterocycles. The van der Waals surface area contributed by atoms with Gasteiger partial charge in [0.15, 0.2) is 5.60 Å². The Morgan fingerprint density at radius 3 is 3.05 bits per heavy atom. The first kappa shape index (κ1) is 13.2. The van der Waals surface area contributed by atoms with Crippen LogP contribution in [0.25, 0.3) is 0 Å². The van der Waals surface area contributed by atoms with Gasteiger partial charge in [-0.05, 0) is 5.56 Å². The lowest BCUT2D eigenvalue weighted by Gasteiger charge is -2.38. The van der Waals surface area contributed by atoms with Crippen molar-refractivity contribution in [2.45, 2.75) is 25.2 Å². The van der Waals surface area contributed by atoms with E-state index in [9.17, 15) is 4.79 Å². The molecule has 1 aromatic rings. The van der Waals surface area contributed by atoms with Crippen molar-refractivity contribution in [1.29, 1.82) is 0 Å². The van der Waals surface area contributed by atoms with E-state index in [4.69, 9.17) is 20.3 Å². The summed E-state index contributed by atoms with van der Waals surface area (Å²) in [5.74, 6) is -0.552. The summed E-state index contributed by atoms with van der Waals surface area (Å²) in [6, 6.07) is 9.83. The zero-order valence-corrected chi connectivity index (χ0v) is 12.0. The van der Waals surface area contributed by atoms with Crippen molar-refractivity contribution in [3.05, 3.63) is 35.9 Å². The molecule has 0 radical (unpaired) electrons. The first-order valence-corrected chi connectivity index (χ1v) is 7.07. The summed E-state index contributed by atoms with van der Waals surface area (Å²) in [7, 11) is 0. The smallest absolute Gasteiger partial charge is 0.302 e. The Kier molecular flexibility index (Phi) is 3.87. The first-order valence-electron chi connectivity index (χ1n) is 7.65. The Bertz CT molecular complexity index is 523. The van der Waals surface area contributed by atoms with E-state index in [1.807, 2.05) is 30.3 Å². The lowest BCUT2D eigenvalue weighted by atomic mass is 9.89. The van der Waals surface area contributed by atoms with E-state index in [-0.39, 0.29) is 31.2 Å². The van der Waals surface area contributed by atoms with E-state index in [2.05, 4.69) is 0 Å². The monoisotopic (exact) mass is 294 g/mol. The molecule has 2 aliphatic rings. The fourth-order valence-electron chi connectivity index (χ4n) is 2.78. The molecule has 0 aliphatic carbocycles. The maximum absolute atomic E-state index is 11.1. The van der Waals surface area contributed by atoms with Crippen LogP contribution in [-0.4, -0.2) is 44.1 Å². The number of benzene rings is 1. The van der Waals surface area contributed by atoms with E-state index in [1.54, 1.807) is 0 Å². The molecular formula is C16H20O5. The van der Waals surface area contributed by atoms with Crippen LogP contribution in [0, 0.1) is 5.92 Å². The van der Waals surface area contributed by atoms with Crippen molar-refractivity contribution in [2.75, 3.05) is 26.4 Å². The number of carbonyl (C=O) groups excluding carboxylic acids is 1. The fourth-order valence-corrected chi connectivity index (χ4v) is 2.78. The van der Waals surface area contributed by atoms with Crippen molar-refractivity contribution >= 4 is 5.97 Å². The molecule has 5 heteroatoms. The minimum atomic E-state index is -0.879. The Balaban J connectivity index is 1.72. The van der Waals surface area contributed by atoms with Gasteiger partial charge in [0, 0.05) is 12.8 Å². The minimum absolute atomic E-state index is 0.0493. The molecular weight excluding hydrogens is 272 g/mol. The largest absolute Gasteiger partial charge is 0.463 e. The molecule has 2 aliphatic heterocycles. The molecule has 0 spiro atoms. The number of fused-ring (bicyclic) bond motifs is 2. The molecule has 4 atom stereocenters. The Morgan fingerprint density at radius 1 is 1.48 bits per heavy atom. The van der Waals surface area contributed by atoms with Gasteiger partial charge in [0.25, 0.3) is 0 Å². The maximum Gasteiger partial charge on any atom is 0.302 e. The van der Waals surface area contributed by atoms with E-state index < -0.39 is 12.2 Å². The Hall–Kier alpha value is -1.43. The topological polar surface area (TPSA) is 54.0 Å². The lowest BCUT2D eigenvalue weighted by molar-refractivity contribution is -0.187. The SMILES string of the molecule is [3H][C@H]1O[C@@]2(COC(C)=O)COCC1[C@H]2OCc1ccccc1. The van der Waals surface area contributed by atoms with Crippen LogP contribution in [0.1, 0.15) is 13.9 Å². The van der Waals surface area contributed by atoms with Crippen molar-refractivity contribution in [3.63, 3.8) is 0 Å². The van der Waals surface area contributed by atoms with Gasteiger partial charge >= 0.3 is 5.97 Å². The second-order valence-corrected chi connectivity index (χ2v) is 5.50. The van der Waals surface area contributed by atoms with Crippen LogP contribution in [0.5, 0.6) is 0 Å². The lowest BCUT2D eigenvalue weighted by Crippen LogP contribution is -2.54. The number of hydrogen-bond donors (Lipinski definition) is 0. The first-order chi connectivity index (χ1) is 10.6. The van der Waals surface area contributed by atoms with Gasteiger partial charge in [-0.1, -0.05) is 30.3 Å². The molecule has 0 amide bonds. The number of carbonyl (C=O) groups is 1.